The predicted octanol–water partition coefficient (Wildman–Crippen LogP) is 4.67. The van der Waals surface area contributed by atoms with Crippen molar-refractivity contribution < 1.29 is 14.4 Å². The molecular formula is C24H25N3O3S. The number of hydrogen-bond donors (Lipinski definition) is 3. The molecule has 0 saturated heterocycles. The fourth-order valence-corrected chi connectivity index (χ4v) is 3.48. The summed E-state index contributed by atoms with van der Waals surface area (Å²) in [4.78, 5) is 37.3. The molecule has 0 aliphatic carbocycles. The van der Waals surface area contributed by atoms with Gasteiger partial charge in [0.1, 0.15) is 0 Å². The largest absolute Gasteiger partial charge is 0.343 e. The number of amides is 3. The zero-order valence-corrected chi connectivity index (χ0v) is 18.5. The van der Waals surface area contributed by atoms with Crippen molar-refractivity contribution in [3.63, 3.8) is 0 Å². The number of thiophene rings is 1. The molecule has 0 fully saturated rings. The highest BCUT2D eigenvalue weighted by molar-refractivity contribution is 7.12. The molecule has 0 spiro atoms. The summed E-state index contributed by atoms with van der Waals surface area (Å²) < 4.78 is 0. The van der Waals surface area contributed by atoms with Crippen LogP contribution in [0.4, 0.5) is 11.4 Å². The third kappa shape index (κ3) is 6.26. The molecule has 0 aliphatic rings. The lowest BCUT2D eigenvalue weighted by Gasteiger charge is -2.19. The lowest BCUT2D eigenvalue weighted by molar-refractivity contribution is -0.115. The van der Waals surface area contributed by atoms with Crippen molar-refractivity contribution in [3.05, 3.63) is 82.0 Å². The zero-order valence-electron chi connectivity index (χ0n) is 17.7. The second-order valence-electron chi connectivity index (χ2n) is 8.07. The van der Waals surface area contributed by atoms with Crippen molar-refractivity contribution in [2.75, 3.05) is 17.2 Å². The Hall–Kier alpha value is -3.45. The van der Waals surface area contributed by atoms with Gasteiger partial charge in [0.25, 0.3) is 11.8 Å². The summed E-state index contributed by atoms with van der Waals surface area (Å²) >= 11 is 1.35. The van der Waals surface area contributed by atoms with E-state index >= 15 is 0 Å². The van der Waals surface area contributed by atoms with Crippen LogP contribution in [0, 0.1) is 0 Å². The standard InChI is InChI=1S/C24H25N3O3S/c1-24(2,3)17-11-9-16(10-12-17)22(29)25-15-21(28)26-18-6-4-7-19(14-18)27-23(30)20-8-5-13-31-20/h4-14H,15H2,1-3H3,(H,25,29)(H,26,28)(H,27,30). The summed E-state index contributed by atoms with van der Waals surface area (Å²) in [5.41, 5.74) is 2.73. The second kappa shape index (κ2) is 9.57. The first kappa shape index (κ1) is 22.2. The van der Waals surface area contributed by atoms with E-state index in [1.165, 1.54) is 11.3 Å². The Labute approximate surface area is 185 Å². The fraction of sp³-hybridized carbons (Fsp3) is 0.208. The van der Waals surface area contributed by atoms with Gasteiger partial charge in [-0.3, -0.25) is 14.4 Å². The van der Waals surface area contributed by atoms with E-state index in [-0.39, 0.29) is 29.7 Å². The number of rotatable bonds is 6. The number of carbonyl (C=O) groups is 3. The second-order valence-corrected chi connectivity index (χ2v) is 9.02. The van der Waals surface area contributed by atoms with Gasteiger partial charge in [-0.25, -0.2) is 0 Å². The lowest BCUT2D eigenvalue weighted by Crippen LogP contribution is -2.32. The maximum atomic E-state index is 12.3. The third-order valence-electron chi connectivity index (χ3n) is 4.57. The minimum atomic E-state index is -0.360. The van der Waals surface area contributed by atoms with Crippen molar-refractivity contribution in [2.45, 2.75) is 26.2 Å². The SMILES string of the molecule is CC(C)(C)c1ccc(C(=O)NCC(=O)Nc2cccc(NC(=O)c3cccs3)c2)cc1. The van der Waals surface area contributed by atoms with Crippen LogP contribution < -0.4 is 16.0 Å². The molecule has 0 unspecified atom stereocenters. The predicted molar refractivity (Wildman–Crippen MR) is 125 cm³/mol. The van der Waals surface area contributed by atoms with Gasteiger partial charge in [0.05, 0.1) is 11.4 Å². The third-order valence-corrected chi connectivity index (χ3v) is 5.44. The van der Waals surface area contributed by atoms with Crippen molar-refractivity contribution in [1.29, 1.82) is 0 Å². The Morgan fingerprint density at radius 1 is 0.839 bits per heavy atom. The smallest absolute Gasteiger partial charge is 0.265 e. The van der Waals surface area contributed by atoms with Crippen molar-refractivity contribution in [2.24, 2.45) is 0 Å². The van der Waals surface area contributed by atoms with Gasteiger partial charge in [-0.15, -0.1) is 11.3 Å². The molecule has 6 nitrogen and oxygen atoms in total. The Bertz CT molecular complexity index is 1070. The summed E-state index contributed by atoms with van der Waals surface area (Å²) in [6.45, 7) is 6.16. The fourth-order valence-electron chi connectivity index (χ4n) is 2.86. The van der Waals surface area contributed by atoms with E-state index in [0.717, 1.165) is 5.56 Å². The van der Waals surface area contributed by atoms with Crippen LogP contribution in [-0.4, -0.2) is 24.3 Å². The minimum Gasteiger partial charge on any atom is -0.343 e. The van der Waals surface area contributed by atoms with Crippen LogP contribution in [0.15, 0.2) is 66.0 Å². The van der Waals surface area contributed by atoms with Crippen LogP contribution in [0.2, 0.25) is 0 Å². The van der Waals surface area contributed by atoms with E-state index < -0.39 is 0 Å². The van der Waals surface area contributed by atoms with Crippen LogP contribution in [0.5, 0.6) is 0 Å². The Morgan fingerprint density at radius 2 is 1.52 bits per heavy atom. The van der Waals surface area contributed by atoms with Crippen molar-refractivity contribution in [1.82, 2.24) is 5.32 Å². The molecule has 160 valence electrons. The molecule has 0 bridgehead atoms. The van der Waals surface area contributed by atoms with Crippen molar-refractivity contribution >= 4 is 40.4 Å². The Balaban J connectivity index is 1.52. The lowest BCUT2D eigenvalue weighted by atomic mass is 9.87. The first-order valence-corrected chi connectivity index (χ1v) is 10.7. The average molecular weight is 436 g/mol. The molecular weight excluding hydrogens is 410 g/mol. The summed E-state index contributed by atoms with van der Waals surface area (Å²) in [5, 5.41) is 9.97. The first-order chi connectivity index (χ1) is 14.7. The van der Waals surface area contributed by atoms with Crippen molar-refractivity contribution in [3.8, 4) is 0 Å². The van der Waals surface area contributed by atoms with Crippen LogP contribution in [0.1, 0.15) is 46.4 Å². The van der Waals surface area contributed by atoms with E-state index in [1.807, 2.05) is 23.6 Å². The molecule has 3 aromatic rings. The molecule has 7 heteroatoms. The molecule has 0 aliphatic heterocycles. The van der Waals surface area contributed by atoms with Gasteiger partial charge < -0.3 is 16.0 Å². The van der Waals surface area contributed by atoms with Gasteiger partial charge in [-0.05, 0) is 52.8 Å². The molecule has 3 rings (SSSR count). The highest BCUT2D eigenvalue weighted by atomic mass is 32.1. The molecule has 31 heavy (non-hydrogen) atoms. The number of carbonyl (C=O) groups excluding carboxylic acids is 3. The highest BCUT2D eigenvalue weighted by Gasteiger charge is 2.15. The molecule has 0 saturated carbocycles. The summed E-state index contributed by atoms with van der Waals surface area (Å²) in [7, 11) is 0. The highest BCUT2D eigenvalue weighted by Crippen LogP contribution is 2.22. The quantitative estimate of drug-likeness (QED) is 0.526. The summed E-state index contributed by atoms with van der Waals surface area (Å²) in [6.07, 6.45) is 0. The maximum Gasteiger partial charge on any atom is 0.265 e. The molecule has 1 aromatic heterocycles. The van der Waals surface area contributed by atoms with Crippen LogP contribution >= 0.6 is 11.3 Å². The summed E-state index contributed by atoms with van der Waals surface area (Å²) in [5.74, 6) is -0.878. The van der Waals surface area contributed by atoms with Gasteiger partial charge in [0.15, 0.2) is 0 Å². The van der Waals surface area contributed by atoms with Gasteiger partial charge in [0, 0.05) is 16.9 Å². The van der Waals surface area contributed by atoms with Crippen LogP contribution in [-0.2, 0) is 10.2 Å². The molecule has 2 aromatic carbocycles. The van der Waals surface area contributed by atoms with Gasteiger partial charge >= 0.3 is 0 Å². The number of anilines is 2. The maximum absolute atomic E-state index is 12.3. The minimum absolute atomic E-state index is 0.00662. The number of nitrogens with one attached hydrogen (secondary N) is 3. The molecule has 1 heterocycles. The first-order valence-electron chi connectivity index (χ1n) is 9.86. The Morgan fingerprint density at radius 3 is 2.13 bits per heavy atom. The van der Waals surface area contributed by atoms with E-state index in [2.05, 4.69) is 36.7 Å². The van der Waals surface area contributed by atoms with Gasteiger partial charge in [-0.2, -0.15) is 0 Å². The average Bonchev–Trinajstić information content (AvgIpc) is 3.27. The van der Waals surface area contributed by atoms with E-state index in [4.69, 9.17) is 0 Å². The van der Waals surface area contributed by atoms with E-state index in [9.17, 15) is 14.4 Å². The number of benzene rings is 2. The Kier molecular flexibility index (Phi) is 6.87. The molecule has 3 amide bonds. The zero-order chi connectivity index (χ0) is 22.4. The van der Waals surface area contributed by atoms with Crippen LogP contribution in [0.25, 0.3) is 0 Å². The molecule has 0 radical (unpaired) electrons. The monoisotopic (exact) mass is 435 g/mol. The normalized spacial score (nSPS) is 10.9. The molecule has 0 atom stereocenters. The van der Waals surface area contributed by atoms with Crippen LogP contribution in [0.3, 0.4) is 0 Å². The van der Waals surface area contributed by atoms with Gasteiger partial charge in [0.2, 0.25) is 5.91 Å². The van der Waals surface area contributed by atoms with E-state index in [0.29, 0.717) is 21.8 Å². The molecule has 3 N–H and O–H groups in total. The number of hydrogen-bond acceptors (Lipinski definition) is 4. The van der Waals surface area contributed by atoms with E-state index in [1.54, 1.807) is 42.5 Å². The summed E-state index contributed by atoms with van der Waals surface area (Å²) in [6, 6.07) is 17.8. The van der Waals surface area contributed by atoms with Gasteiger partial charge in [-0.1, -0.05) is 45.0 Å². The topological polar surface area (TPSA) is 87.3 Å².